The average Bonchev–Trinajstić information content (AvgIpc) is 3.55. The van der Waals surface area contributed by atoms with Gasteiger partial charge < -0.3 is 20.3 Å². The van der Waals surface area contributed by atoms with Gasteiger partial charge in [0.1, 0.15) is 17.0 Å². The molecule has 0 radical (unpaired) electrons. The van der Waals surface area contributed by atoms with Gasteiger partial charge in [0.05, 0.1) is 36.1 Å². The van der Waals surface area contributed by atoms with Crippen molar-refractivity contribution in [3.63, 3.8) is 0 Å². The predicted molar refractivity (Wildman–Crippen MR) is 149 cm³/mol. The summed E-state index contributed by atoms with van der Waals surface area (Å²) in [7, 11) is 3.49. The quantitative estimate of drug-likeness (QED) is 0.251. The van der Waals surface area contributed by atoms with Gasteiger partial charge in [0.25, 0.3) is 5.56 Å². The molecular weight excluding hydrogens is 482 g/mol. The molecule has 0 atom stereocenters. The first-order valence-electron chi connectivity index (χ1n) is 12.6. The lowest BCUT2D eigenvalue weighted by Gasteiger charge is -2.28. The number of methoxy groups -OCH3 is 1. The third-order valence-electron chi connectivity index (χ3n) is 6.74. The maximum absolute atomic E-state index is 12.6. The number of aromatic nitrogens is 6. The summed E-state index contributed by atoms with van der Waals surface area (Å²) in [5, 5.41) is 17.1. The number of hydrogen-bond acceptors (Lipinski definition) is 8. The number of ether oxygens (including phenoxy) is 1. The monoisotopic (exact) mass is 511 g/mol. The number of aromatic amines is 2. The maximum Gasteiger partial charge on any atom is 0.275 e. The normalized spacial score (nSPS) is 13.6. The van der Waals surface area contributed by atoms with Crippen molar-refractivity contribution in [1.29, 1.82) is 0 Å². The van der Waals surface area contributed by atoms with Gasteiger partial charge in [-0.05, 0) is 49.6 Å². The molecule has 0 unspecified atom stereocenters. The lowest BCUT2D eigenvalue weighted by molar-refractivity contribution is 0.418. The highest BCUT2D eigenvalue weighted by Gasteiger charge is 2.17. The van der Waals surface area contributed by atoms with Crippen molar-refractivity contribution >= 4 is 39.7 Å². The van der Waals surface area contributed by atoms with Crippen LogP contribution in [0.25, 0.3) is 22.3 Å². The molecule has 11 nitrogen and oxygen atoms in total. The van der Waals surface area contributed by atoms with Crippen LogP contribution < -0.4 is 25.8 Å². The van der Waals surface area contributed by atoms with Crippen molar-refractivity contribution in [2.75, 3.05) is 35.7 Å². The van der Waals surface area contributed by atoms with E-state index in [9.17, 15) is 4.79 Å². The van der Waals surface area contributed by atoms with Gasteiger partial charge in [-0.2, -0.15) is 5.10 Å². The highest BCUT2D eigenvalue weighted by atomic mass is 16.5. The van der Waals surface area contributed by atoms with E-state index in [1.807, 2.05) is 49.8 Å². The van der Waals surface area contributed by atoms with Crippen molar-refractivity contribution < 1.29 is 4.74 Å². The summed E-state index contributed by atoms with van der Waals surface area (Å²) in [4.78, 5) is 24.2. The highest BCUT2D eigenvalue weighted by molar-refractivity contribution is 5.94. The molecule has 0 aliphatic carbocycles. The Kier molecular flexibility index (Phi) is 6.16. The van der Waals surface area contributed by atoms with Crippen molar-refractivity contribution in [2.24, 2.45) is 7.05 Å². The van der Waals surface area contributed by atoms with E-state index in [2.05, 4.69) is 46.9 Å². The van der Waals surface area contributed by atoms with Crippen LogP contribution in [-0.2, 0) is 7.05 Å². The molecule has 1 aliphatic heterocycles. The van der Waals surface area contributed by atoms with Gasteiger partial charge in [-0.15, -0.1) is 0 Å². The Labute approximate surface area is 218 Å². The molecule has 1 saturated heterocycles. The van der Waals surface area contributed by atoms with Crippen LogP contribution in [0.1, 0.15) is 19.3 Å². The number of rotatable bonds is 7. The van der Waals surface area contributed by atoms with Gasteiger partial charge in [0.2, 0.25) is 0 Å². The number of piperidine rings is 1. The first-order chi connectivity index (χ1) is 18.6. The topological polar surface area (TPSA) is 129 Å². The molecule has 194 valence electrons. The molecule has 1 fully saturated rings. The Morgan fingerprint density at radius 3 is 2.58 bits per heavy atom. The standard InChI is InChI=1S/C27H29N9O2/c1-35-14-11-19(34-35)18-7-6-8-20(25(18)38-2)29-21-15-23(31-26-24(21)27(37)33-32-26)30-22-10-9-17(16-28-22)36-12-4-3-5-13-36/h6-11,14-16H,3-5,12-13H2,1-2H3,(H4,28,29,30,31,32,33,37). The number of nitrogens with one attached hydrogen (secondary N) is 4. The SMILES string of the molecule is COc1c(Nc2cc(Nc3ccc(N4CCCCC4)cn3)nc3[nH][nH]c(=O)c23)cccc1-c1ccn(C)n1. The fourth-order valence-electron chi connectivity index (χ4n) is 4.90. The second kappa shape index (κ2) is 9.92. The zero-order valence-electron chi connectivity index (χ0n) is 21.3. The van der Waals surface area contributed by atoms with Gasteiger partial charge in [-0.1, -0.05) is 6.07 Å². The zero-order valence-corrected chi connectivity index (χ0v) is 21.3. The van der Waals surface area contributed by atoms with E-state index < -0.39 is 0 Å². The van der Waals surface area contributed by atoms with Crippen LogP contribution in [0, 0.1) is 0 Å². The third kappa shape index (κ3) is 4.54. The molecule has 0 amide bonds. The number of benzene rings is 1. The minimum atomic E-state index is -0.273. The van der Waals surface area contributed by atoms with Crippen LogP contribution >= 0.6 is 0 Å². The number of hydrogen-bond donors (Lipinski definition) is 4. The summed E-state index contributed by atoms with van der Waals surface area (Å²) in [5.41, 5.74) is 4.16. The van der Waals surface area contributed by atoms with Crippen LogP contribution in [0.5, 0.6) is 5.75 Å². The molecule has 38 heavy (non-hydrogen) atoms. The Balaban J connectivity index is 1.32. The fraction of sp³-hybridized carbons (Fsp3) is 0.259. The average molecular weight is 512 g/mol. The van der Waals surface area contributed by atoms with Gasteiger partial charge in [0, 0.05) is 38.0 Å². The fourth-order valence-corrected chi connectivity index (χ4v) is 4.90. The first-order valence-corrected chi connectivity index (χ1v) is 12.6. The Morgan fingerprint density at radius 1 is 0.974 bits per heavy atom. The van der Waals surface area contributed by atoms with E-state index in [1.54, 1.807) is 17.9 Å². The van der Waals surface area contributed by atoms with E-state index in [-0.39, 0.29) is 5.56 Å². The van der Waals surface area contributed by atoms with E-state index in [0.717, 1.165) is 30.0 Å². The van der Waals surface area contributed by atoms with E-state index in [1.165, 1.54) is 19.3 Å². The van der Waals surface area contributed by atoms with E-state index >= 15 is 0 Å². The van der Waals surface area contributed by atoms with Crippen LogP contribution in [0.15, 0.2) is 59.7 Å². The molecule has 1 aliphatic rings. The minimum absolute atomic E-state index is 0.273. The lowest BCUT2D eigenvalue weighted by atomic mass is 10.1. The molecule has 1 aromatic carbocycles. The van der Waals surface area contributed by atoms with Crippen LogP contribution in [0.3, 0.4) is 0 Å². The molecule has 5 aromatic rings. The summed E-state index contributed by atoms with van der Waals surface area (Å²) in [6.07, 6.45) is 7.48. The largest absolute Gasteiger partial charge is 0.494 e. The molecule has 4 N–H and O–H groups in total. The van der Waals surface area contributed by atoms with E-state index in [0.29, 0.717) is 39.8 Å². The van der Waals surface area contributed by atoms with Crippen molar-refractivity contribution in [3.8, 4) is 17.0 Å². The summed E-state index contributed by atoms with van der Waals surface area (Å²) < 4.78 is 7.51. The number of nitrogens with zero attached hydrogens (tertiary/aromatic N) is 5. The van der Waals surface area contributed by atoms with Crippen LogP contribution in [0.4, 0.5) is 28.7 Å². The number of H-pyrrole nitrogens is 2. The first kappa shape index (κ1) is 23.6. The van der Waals surface area contributed by atoms with Gasteiger partial charge in [-0.3, -0.25) is 19.7 Å². The van der Waals surface area contributed by atoms with E-state index in [4.69, 9.17) is 4.74 Å². The molecule has 5 heterocycles. The number of fused-ring (bicyclic) bond motifs is 1. The number of anilines is 5. The Morgan fingerprint density at radius 2 is 1.84 bits per heavy atom. The molecule has 0 saturated carbocycles. The molecule has 6 rings (SSSR count). The van der Waals surface area contributed by atoms with Crippen LogP contribution in [0.2, 0.25) is 0 Å². The van der Waals surface area contributed by atoms with Crippen molar-refractivity contribution in [1.82, 2.24) is 29.9 Å². The second-order valence-electron chi connectivity index (χ2n) is 9.32. The Bertz CT molecular complexity index is 1630. The number of aryl methyl sites for hydroxylation is 1. The molecule has 11 heteroatoms. The molecule has 0 bridgehead atoms. The molecule has 0 spiro atoms. The summed E-state index contributed by atoms with van der Waals surface area (Å²) >= 11 is 0. The van der Waals surface area contributed by atoms with Gasteiger partial charge in [0.15, 0.2) is 11.4 Å². The minimum Gasteiger partial charge on any atom is -0.494 e. The summed E-state index contributed by atoms with van der Waals surface area (Å²) in [5.74, 6) is 1.82. The lowest BCUT2D eigenvalue weighted by Crippen LogP contribution is -2.29. The van der Waals surface area contributed by atoms with Gasteiger partial charge >= 0.3 is 0 Å². The van der Waals surface area contributed by atoms with Gasteiger partial charge in [-0.25, -0.2) is 9.97 Å². The zero-order chi connectivity index (χ0) is 26.1. The molecular formula is C27H29N9O2. The predicted octanol–water partition coefficient (Wildman–Crippen LogP) is 4.53. The number of para-hydroxylation sites is 1. The highest BCUT2D eigenvalue weighted by Crippen LogP contribution is 2.38. The smallest absolute Gasteiger partial charge is 0.275 e. The van der Waals surface area contributed by atoms with Crippen molar-refractivity contribution in [2.45, 2.75) is 19.3 Å². The Hall–Kier alpha value is -4.80. The van der Waals surface area contributed by atoms with Crippen LogP contribution in [-0.4, -0.2) is 50.1 Å². The summed E-state index contributed by atoms with van der Waals surface area (Å²) in [6, 6.07) is 13.5. The van der Waals surface area contributed by atoms with Crippen molar-refractivity contribution in [3.05, 3.63) is 65.2 Å². The number of pyridine rings is 2. The second-order valence-corrected chi connectivity index (χ2v) is 9.32. The molecule has 4 aromatic heterocycles. The third-order valence-corrected chi connectivity index (χ3v) is 6.74. The maximum atomic E-state index is 12.6. The summed E-state index contributed by atoms with van der Waals surface area (Å²) in [6.45, 7) is 2.13.